The number of hydrogen-bond donors (Lipinski definition) is 0. The lowest BCUT2D eigenvalue weighted by Crippen LogP contribution is -2.61. The van der Waals surface area contributed by atoms with Crippen molar-refractivity contribution in [3.05, 3.63) is 35.9 Å². The van der Waals surface area contributed by atoms with Crippen molar-refractivity contribution in [2.75, 3.05) is 11.0 Å². The SMILES string of the molecule is O=C1C(CI)C(CC(F)(F)C(F)(F)C(F)(F)C(F)(F)Cl)CN1Cc1ccccc1. The maximum Gasteiger partial charge on any atom is 0.392 e. The Bertz CT molecular complexity index is 728. The zero-order valence-corrected chi connectivity index (χ0v) is 17.4. The van der Waals surface area contributed by atoms with E-state index in [1.807, 2.05) is 0 Å². The molecule has 2 nitrogen and oxygen atoms in total. The molecule has 29 heavy (non-hydrogen) atoms. The third-order valence-electron chi connectivity index (χ3n) is 4.76. The number of rotatable bonds is 8. The number of likely N-dealkylation sites (tertiary alicyclic amines) is 1. The van der Waals surface area contributed by atoms with Crippen LogP contribution < -0.4 is 0 Å². The molecule has 2 atom stereocenters. The first-order valence-electron chi connectivity index (χ1n) is 8.24. The van der Waals surface area contributed by atoms with Crippen molar-refractivity contribution in [2.45, 2.75) is 36.1 Å². The van der Waals surface area contributed by atoms with Crippen molar-refractivity contribution in [3.63, 3.8) is 0 Å². The molecular weight excluding hydrogens is 549 g/mol. The largest absolute Gasteiger partial charge is 0.392 e. The van der Waals surface area contributed by atoms with Crippen LogP contribution >= 0.6 is 34.2 Å². The molecular formula is C17H15ClF8INO. The molecule has 1 aliphatic rings. The third kappa shape index (κ3) is 4.59. The molecule has 1 aromatic rings. The van der Waals surface area contributed by atoms with Crippen molar-refractivity contribution in [2.24, 2.45) is 11.8 Å². The van der Waals surface area contributed by atoms with Crippen LogP contribution in [0.4, 0.5) is 35.1 Å². The lowest BCUT2D eigenvalue weighted by molar-refractivity contribution is -0.351. The van der Waals surface area contributed by atoms with Crippen LogP contribution in [0.25, 0.3) is 0 Å². The molecule has 2 unspecified atom stereocenters. The molecule has 164 valence electrons. The average molecular weight is 564 g/mol. The highest BCUT2D eigenvalue weighted by atomic mass is 127. The van der Waals surface area contributed by atoms with Crippen LogP contribution in [0.1, 0.15) is 12.0 Å². The van der Waals surface area contributed by atoms with E-state index >= 15 is 0 Å². The predicted octanol–water partition coefficient (Wildman–Crippen LogP) is 5.82. The fourth-order valence-corrected chi connectivity index (χ4v) is 4.36. The highest BCUT2D eigenvalue weighted by Gasteiger charge is 2.80. The first kappa shape index (κ1) is 24.4. The maximum atomic E-state index is 14.1. The van der Waals surface area contributed by atoms with Gasteiger partial charge in [-0.05, 0) is 23.1 Å². The molecule has 1 aromatic carbocycles. The molecule has 1 fully saturated rings. The van der Waals surface area contributed by atoms with Crippen LogP contribution in [0.15, 0.2) is 30.3 Å². The molecule has 0 bridgehead atoms. The summed E-state index contributed by atoms with van der Waals surface area (Å²) in [6.45, 7) is -0.378. The van der Waals surface area contributed by atoms with Crippen LogP contribution in [0.3, 0.4) is 0 Å². The van der Waals surface area contributed by atoms with Crippen molar-refractivity contribution in [3.8, 4) is 0 Å². The predicted molar refractivity (Wildman–Crippen MR) is 98.0 cm³/mol. The van der Waals surface area contributed by atoms with Crippen molar-refractivity contribution >= 4 is 40.1 Å². The van der Waals surface area contributed by atoms with E-state index in [1.165, 1.54) is 0 Å². The molecule has 0 spiro atoms. The maximum absolute atomic E-state index is 14.1. The average Bonchev–Trinajstić information content (AvgIpc) is 2.88. The zero-order chi connectivity index (χ0) is 22.3. The normalized spacial score (nSPS) is 21.7. The first-order valence-corrected chi connectivity index (χ1v) is 10.1. The molecule has 12 heteroatoms. The van der Waals surface area contributed by atoms with Gasteiger partial charge < -0.3 is 4.90 Å². The van der Waals surface area contributed by atoms with E-state index < -0.39 is 53.9 Å². The van der Waals surface area contributed by atoms with Gasteiger partial charge in [-0.1, -0.05) is 52.9 Å². The first-order chi connectivity index (χ1) is 13.2. The number of alkyl halides is 10. The van der Waals surface area contributed by atoms with Gasteiger partial charge in [-0.25, -0.2) is 0 Å². The zero-order valence-electron chi connectivity index (χ0n) is 14.5. The van der Waals surface area contributed by atoms with E-state index in [0.29, 0.717) is 5.56 Å². The van der Waals surface area contributed by atoms with Gasteiger partial charge in [0.05, 0.1) is 5.92 Å². The number of benzene rings is 1. The summed E-state index contributed by atoms with van der Waals surface area (Å²) >= 11 is 5.66. The van der Waals surface area contributed by atoms with Gasteiger partial charge in [0.25, 0.3) is 0 Å². The summed E-state index contributed by atoms with van der Waals surface area (Å²) in [6, 6.07) is 8.37. The molecule has 2 rings (SSSR count). The Labute approximate surface area is 179 Å². The van der Waals surface area contributed by atoms with Crippen molar-refractivity contribution in [1.29, 1.82) is 0 Å². The summed E-state index contributed by atoms with van der Waals surface area (Å²) in [5.74, 6) is -21.6. The van der Waals surface area contributed by atoms with E-state index in [-0.39, 0.29) is 11.0 Å². The summed E-state index contributed by atoms with van der Waals surface area (Å²) in [4.78, 5) is 13.6. The molecule has 1 aliphatic heterocycles. The van der Waals surface area contributed by atoms with Gasteiger partial charge in [0, 0.05) is 23.9 Å². The third-order valence-corrected chi connectivity index (χ3v) is 5.95. The fraction of sp³-hybridized carbons (Fsp3) is 0.588. The molecule has 0 N–H and O–H groups in total. The minimum absolute atomic E-state index is 0.0151. The molecule has 0 aliphatic carbocycles. The van der Waals surface area contributed by atoms with Gasteiger partial charge >= 0.3 is 23.1 Å². The highest BCUT2D eigenvalue weighted by Crippen LogP contribution is 2.56. The van der Waals surface area contributed by atoms with Gasteiger partial charge in [-0.2, -0.15) is 35.1 Å². The number of hydrogen-bond acceptors (Lipinski definition) is 1. The smallest absolute Gasteiger partial charge is 0.338 e. The lowest BCUT2D eigenvalue weighted by Gasteiger charge is -2.35. The van der Waals surface area contributed by atoms with Gasteiger partial charge in [0.1, 0.15) is 0 Å². The highest BCUT2D eigenvalue weighted by molar-refractivity contribution is 14.1. The Morgan fingerprint density at radius 1 is 1.00 bits per heavy atom. The van der Waals surface area contributed by atoms with Gasteiger partial charge in [0.2, 0.25) is 5.91 Å². The Kier molecular flexibility index (Phi) is 7.03. The Balaban J connectivity index is 2.23. The van der Waals surface area contributed by atoms with Gasteiger partial charge in [0.15, 0.2) is 0 Å². The topological polar surface area (TPSA) is 20.3 Å². The van der Waals surface area contributed by atoms with E-state index in [2.05, 4.69) is 11.6 Å². The summed E-state index contributed by atoms with van der Waals surface area (Å²) < 4.78 is 108. The minimum Gasteiger partial charge on any atom is -0.338 e. The van der Waals surface area contributed by atoms with Gasteiger partial charge in [-0.15, -0.1) is 0 Å². The number of halogens is 10. The monoisotopic (exact) mass is 563 g/mol. The van der Waals surface area contributed by atoms with Crippen molar-refractivity contribution in [1.82, 2.24) is 4.90 Å². The Hall–Kier alpha value is -0.850. The minimum atomic E-state index is -6.49. The van der Waals surface area contributed by atoms with Crippen LogP contribution in [0, 0.1) is 11.8 Å². The second-order valence-corrected chi connectivity index (χ2v) is 8.14. The summed E-state index contributed by atoms with van der Waals surface area (Å²) in [7, 11) is 0. The summed E-state index contributed by atoms with van der Waals surface area (Å²) in [5.41, 5.74) is 0.652. The summed E-state index contributed by atoms with van der Waals surface area (Å²) in [6.07, 6.45) is -1.87. The number of carbonyl (C=O) groups is 1. The molecule has 1 amide bonds. The quantitative estimate of drug-likeness (QED) is 0.222. The summed E-state index contributed by atoms with van der Waals surface area (Å²) in [5, 5.41) is -5.88. The number of carbonyl (C=O) groups excluding carboxylic acids is 1. The van der Waals surface area contributed by atoms with Gasteiger partial charge in [-0.3, -0.25) is 4.79 Å². The number of nitrogens with zero attached hydrogens (tertiary/aromatic N) is 1. The molecule has 0 aromatic heterocycles. The van der Waals surface area contributed by atoms with Crippen LogP contribution in [0.5, 0.6) is 0 Å². The van der Waals surface area contributed by atoms with E-state index in [1.54, 1.807) is 52.9 Å². The Morgan fingerprint density at radius 2 is 1.55 bits per heavy atom. The van der Waals surface area contributed by atoms with Crippen LogP contribution in [-0.2, 0) is 11.3 Å². The van der Waals surface area contributed by atoms with E-state index in [9.17, 15) is 39.9 Å². The molecule has 0 saturated carbocycles. The second-order valence-electron chi connectivity index (χ2n) is 6.78. The fourth-order valence-electron chi connectivity index (χ4n) is 3.15. The Morgan fingerprint density at radius 3 is 2.03 bits per heavy atom. The lowest BCUT2D eigenvalue weighted by atomic mass is 9.87. The molecule has 1 heterocycles. The van der Waals surface area contributed by atoms with Crippen LogP contribution in [0.2, 0.25) is 0 Å². The second kappa shape index (κ2) is 8.35. The van der Waals surface area contributed by atoms with E-state index in [4.69, 9.17) is 0 Å². The molecule has 1 saturated heterocycles. The number of amides is 1. The van der Waals surface area contributed by atoms with Crippen molar-refractivity contribution < 1.29 is 39.9 Å². The standard InChI is InChI=1S/C17H15ClF8INO/c18-17(25,26)16(23,24)15(21,22)14(19,20)6-11-9-28(13(29)12(11)7-27)8-10-4-2-1-3-5-10/h1-5,11-12H,6-9H2. The van der Waals surface area contributed by atoms with E-state index in [0.717, 1.165) is 4.90 Å². The molecule has 0 radical (unpaired) electrons. The van der Waals surface area contributed by atoms with Crippen LogP contribution in [-0.4, -0.2) is 44.9 Å².